The Morgan fingerprint density at radius 1 is 1.85 bits per heavy atom. The fourth-order valence-corrected chi connectivity index (χ4v) is 1.64. The molecule has 0 aromatic carbocycles. The van der Waals surface area contributed by atoms with Crippen LogP contribution >= 0.6 is 11.3 Å². The number of aliphatic carboxylic acids is 1. The quantitative estimate of drug-likeness (QED) is 0.700. The minimum atomic E-state index is -1.10. The van der Waals surface area contributed by atoms with Crippen LogP contribution in [0.2, 0.25) is 0 Å². The molecule has 0 spiro atoms. The van der Waals surface area contributed by atoms with Crippen molar-refractivity contribution in [1.29, 1.82) is 0 Å². The molecule has 0 aliphatic rings. The van der Waals surface area contributed by atoms with E-state index in [4.69, 9.17) is 10.8 Å². The maximum Gasteiger partial charge on any atom is 0.322 e. The normalized spacial score (nSPS) is 12.8. The lowest BCUT2D eigenvalue weighted by atomic mass is 10.3. The second-order valence-electron chi connectivity index (χ2n) is 2.70. The molecule has 1 rings (SSSR count). The van der Waals surface area contributed by atoms with E-state index in [1.807, 2.05) is 0 Å². The second kappa shape index (κ2) is 3.71. The minimum Gasteiger partial charge on any atom is -0.480 e. The molecule has 0 saturated carbocycles. The first-order chi connectivity index (χ1) is 6.02. The molecule has 0 bridgehead atoms. The Hall–Kier alpha value is -1.14. The van der Waals surface area contributed by atoms with E-state index in [9.17, 15) is 9.59 Å². The number of aromatic nitrogens is 1. The van der Waals surface area contributed by atoms with Crippen molar-refractivity contribution in [1.82, 2.24) is 4.57 Å². The van der Waals surface area contributed by atoms with Crippen molar-refractivity contribution in [3.05, 3.63) is 20.7 Å². The number of nitrogens with zero attached hydrogens (tertiary/aromatic N) is 1. The van der Waals surface area contributed by atoms with Gasteiger partial charge in [-0.1, -0.05) is 11.3 Å². The molecule has 5 nitrogen and oxygen atoms in total. The summed E-state index contributed by atoms with van der Waals surface area (Å²) < 4.78 is 1.36. The number of carboxylic acid groups (broad SMARTS) is 1. The number of aryl methyl sites for hydroxylation is 1. The van der Waals surface area contributed by atoms with Gasteiger partial charge in [-0.3, -0.25) is 9.59 Å². The van der Waals surface area contributed by atoms with Crippen molar-refractivity contribution in [3.8, 4) is 0 Å². The fraction of sp³-hybridized carbons (Fsp3) is 0.429. The molecule has 0 aliphatic heterocycles. The average molecular weight is 202 g/mol. The molecule has 72 valence electrons. The highest BCUT2D eigenvalue weighted by atomic mass is 32.1. The molecule has 1 aromatic rings. The molecule has 1 atom stereocenters. The van der Waals surface area contributed by atoms with E-state index in [1.54, 1.807) is 12.3 Å². The molecule has 1 aromatic heterocycles. The lowest BCUT2D eigenvalue weighted by molar-refractivity contribution is -0.138. The standard InChI is InChI=1S/C7H10N2O3S/c1-4-3-13-7(12)9(4)2-5(8)6(10)11/h3,5H,2,8H2,1H3,(H,10,11). The van der Waals surface area contributed by atoms with Crippen molar-refractivity contribution in [3.63, 3.8) is 0 Å². The van der Waals surface area contributed by atoms with Crippen LogP contribution in [-0.2, 0) is 11.3 Å². The summed E-state index contributed by atoms with van der Waals surface area (Å²) in [6.45, 7) is 1.77. The predicted molar refractivity (Wildman–Crippen MR) is 48.9 cm³/mol. The average Bonchev–Trinajstić information content (AvgIpc) is 2.35. The molecular weight excluding hydrogens is 192 g/mol. The third-order valence-electron chi connectivity index (χ3n) is 1.67. The first kappa shape index (κ1) is 9.94. The van der Waals surface area contributed by atoms with E-state index in [0.717, 1.165) is 17.0 Å². The van der Waals surface area contributed by atoms with Gasteiger partial charge in [0.2, 0.25) is 0 Å². The number of nitrogens with two attached hydrogens (primary N) is 1. The van der Waals surface area contributed by atoms with Gasteiger partial charge < -0.3 is 15.4 Å². The molecule has 0 amide bonds. The molecule has 0 aliphatic carbocycles. The largest absolute Gasteiger partial charge is 0.480 e. The van der Waals surface area contributed by atoms with Gasteiger partial charge in [0, 0.05) is 11.1 Å². The number of hydrogen-bond donors (Lipinski definition) is 2. The number of hydrogen-bond acceptors (Lipinski definition) is 4. The molecule has 0 saturated heterocycles. The third kappa shape index (κ3) is 2.16. The minimum absolute atomic E-state index is 0.0312. The van der Waals surface area contributed by atoms with Gasteiger partial charge >= 0.3 is 10.8 Å². The molecule has 0 radical (unpaired) electrons. The van der Waals surface area contributed by atoms with Crippen molar-refractivity contribution in [2.75, 3.05) is 0 Å². The van der Waals surface area contributed by atoms with Crippen LogP contribution in [-0.4, -0.2) is 21.7 Å². The van der Waals surface area contributed by atoms with E-state index >= 15 is 0 Å². The molecule has 3 N–H and O–H groups in total. The molecule has 0 fully saturated rings. The highest BCUT2D eigenvalue weighted by Gasteiger charge is 2.14. The van der Waals surface area contributed by atoms with Gasteiger partial charge in [0.05, 0.1) is 6.54 Å². The van der Waals surface area contributed by atoms with E-state index < -0.39 is 12.0 Å². The fourth-order valence-electron chi connectivity index (χ4n) is 0.900. The molecule has 6 heteroatoms. The first-order valence-electron chi connectivity index (χ1n) is 3.65. The Bertz CT molecular complexity index is 368. The van der Waals surface area contributed by atoms with Crippen LogP contribution in [0.1, 0.15) is 5.69 Å². The van der Waals surface area contributed by atoms with Crippen LogP contribution < -0.4 is 10.6 Å². The van der Waals surface area contributed by atoms with Crippen LogP contribution in [0.3, 0.4) is 0 Å². The summed E-state index contributed by atoms with van der Waals surface area (Å²) in [5, 5.41) is 10.2. The van der Waals surface area contributed by atoms with E-state index in [-0.39, 0.29) is 11.4 Å². The maximum atomic E-state index is 11.1. The van der Waals surface area contributed by atoms with Gasteiger partial charge in [-0.15, -0.1) is 0 Å². The lowest BCUT2D eigenvalue weighted by Crippen LogP contribution is -2.37. The van der Waals surface area contributed by atoms with E-state index in [1.165, 1.54) is 4.57 Å². The van der Waals surface area contributed by atoms with Gasteiger partial charge in [0.15, 0.2) is 0 Å². The zero-order chi connectivity index (χ0) is 10.0. The highest BCUT2D eigenvalue weighted by molar-refractivity contribution is 7.07. The van der Waals surface area contributed by atoms with Gasteiger partial charge in [-0.2, -0.15) is 0 Å². The molecular formula is C7H10N2O3S. The summed E-state index contributed by atoms with van der Waals surface area (Å²) in [4.78, 5) is 21.4. The van der Waals surface area contributed by atoms with Crippen molar-refractivity contribution >= 4 is 17.3 Å². The van der Waals surface area contributed by atoms with Crippen LogP contribution in [0.15, 0.2) is 10.2 Å². The second-order valence-corrected chi connectivity index (χ2v) is 3.52. The summed E-state index contributed by atoms with van der Waals surface area (Å²) in [5.41, 5.74) is 6.03. The SMILES string of the molecule is Cc1csc(=O)n1CC(N)C(=O)O. The summed E-state index contributed by atoms with van der Waals surface area (Å²) >= 11 is 1.04. The number of carboxylic acids is 1. The zero-order valence-electron chi connectivity index (χ0n) is 7.06. The van der Waals surface area contributed by atoms with Crippen molar-refractivity contribution in [2.45, 2.75) is 19.5 Å². The zero-order valence-corrected chi connectivity index (χ0v) is 7.87. The molecule has 13 heavy (non-hydrogen) atoms. The monoisotopic (exact) mass is 202 g/mol. The maximum absolute atomic E-state index is 11.1. The van der Waals surface area contributed by atoms with Crippen LogP contribution in [0, 0.1) is 6.92 Å². The predicted octanol–water partition coefficient (Wildman–Crippen LogP) is -0.370. The number of rotatable bonds is 3. The number of carbonyl (C=O) groups is 1. The Balaban J connectivity index is 2.85. The van der Waals surface area contributed by atoms with Gasteiger partial charge in [0.25, 0.3) is 0 Å². The topological polar surface area (TPSA) is 85.3 Å². The summed E-state index contributed by atoms with van der Waals surface area (Å²) in [7, 11) is 0. The molecule has 1 heterocycles. The van der Waals surface area contributed by atoms with Gasteiger partial charge in [0.1, 0.15) is 6.04 Å². The molecule has 1 unspecified atom stereocenters. The van der Waals surface area contributed by atoms with Crippen LogP contribution in [0.25, 0.3) is 0 Å². The Morgan fingerprint density at radius 2 is 2.46 bits per heavy atom. The lowest BCUT2D eigenvalue weighted by Gasteiger charge is -2.07. The highest BCUT2D eigenvalue weighted by Crippen LogP contribution is 2.00. The van der Waals surface area contributed by atoms with E-state index in [0.29, 0.717) is 0 Å². The summed E-state index contributed by atoms with van der Waals surface area (Å²) in [5.74, 6) is -1.10. The third-order valence-corrected chi connectivity index (χ3v) is 2.55. The Labute approximate surface area is 78.4 Å². The van der Waals surface area contributed by atoms with Crippen LogP contribution in [0.5, 0.6) is 0 Å². The van der Waals surface area contributed by atoms with Crippen LogP contribution in [0.4, 0.5) is 0 Å². The van der Waals surface area contributed by atoms with E-state index in [2.05, 4.69) is 0 Å². The number of thiazole rings is 1. The van der Waals surface area contributed by atoms with Gasteiger partial charge in [-0.05, 0) is 6.92 Å². The Kier molecular flexibility index (Phi) is 2.84. The smallest absolute Gasteiger partial charge is 0.322 e. The summed E-state index contributed by atoms with van der Waals surface area (Å²) in [6.07, 6.45) is 0. The van der Waals surface area contributed by atoms with Gasteiger partial charge in [-0.25, -0.2) is 0 Å². The summed E-state index contributed by atoms with van der Waals surface area (Å²) in [6, 6.07) is -1.02. The first-order valence-corrected chi connectivity index (χ1v) is 4.53. The Morgan fingerprint density at radius 3 is 2.85 bits per heavy atom. The van der Waals surface area contributed by atoms with Crippen molar-refractivity contribution in [2.24, 2.45) is 5.73 Å². The van der Waals surface area contributed by atoms with Crippen molar-refractivity contribution < 1.29 is 9.90 Å².